The molecular weight excluding hydrogens is 284 g/mol. The van der Waals surface area contributed by atoms with Crippen LogP contribution in [0.25, 0.3) is 0 Å². The second kappa shape index (κ2) is 8.34. The molecule has 1 atom stereocenters. The normalized spacial score (nSPS) is 13.7. The van der Waals surface area contributed by atoms with Gasteiger partial charge in [0.05, 0.1) is 6.42 Å². The van der Waals surface area contributed by atoms with Crippen LogP contribution in [0.5, 0.6) is 0 Å². The van der Waals surface area contributed by atoms with E-state index in [1.807, 2.05) is 6.92 Å². The number of benzene rings is 1. The molecule has 0 heterocycles. The second-order valence-corrected chi connectivity index (χ2v) is 5.12. The number of hydrogen-bond acceptors (Lipinski definition) is 2. The van der Waals surface area contributed by atoms with Crippen molar-refractivity contribution >= 4 is 0 Å². The third kappa shape index (κ3) is 7.43. The van der Waals surface area contributed by atoms with E-state index in [-0.39, 0.29) is 18.4 Å². The Morgan fingerprint density at radius 3 is 2.29 bits per heavy atom. The van der Waals surface area contributed by atoms with E-state index >= 15 is 0 Å². The molecule has 2 nitrogen and oxygen atoms in total. The van der Waals surface area contributed by atoms with Crippen molar-refractivity contribution in [2.24, 2.45) is 0 Å². The first-order valence-electron chi connectivity index (χ1n) is 7.06. The van der Waals surface area contributed by atoms with Crippen LogP contribution in [0, 0.1) is 5.82 Å². The molecule has 0 fully saturated rings. The summed E-state index contributed by atoms with van der Waals surface area (Å²) in [5, 5.41) is 3.27. The highest BCUT2D eigenvalue weighted by molar-refractivity contribution is 5.19. The molecule has 1 rings (SSSR count). The molecule has 0 aliphatic heterocycles. The van der Waals surface area contributed by atoms with Gasteiger partial charge in [0.15, 0.2) is 0 Å². The summed E-state index contributed by atoms with van der Waals surface area (Å²) in [7, 11) is 1.68. The Balaban J connectivity index is 2.49. The van der Waals surface area contributed by atoms with Crippen LogP contribution in [0.2, 0.25) is 0 Å². The van der Waals surface area contributed by atoms with Gasteiger partial charge in [-0.3, -0.25) is 0 Å². The van der Waals surface area contributed by atoms with Crippen molar-refractivity contribution in [3.05, 3.63) is 35.6 Å². The van der Waals surface area contributed by atoms with Gasteiger partial charge in [-0.05, 0) is 44.3 Å². The molecule has 1 aromatic carbocycles. The monoisotopic (exact) mass is 306 g/mol. The molecule has 6 heteroatoms. The van der Waals surface area contributed by atoms with E-state index in [0.29, 0.717) is 13.0 Å². The zero-order valence-electron chi connectivity index (χ0n) is 12.4. The van der Waals surface area contributed by atoms with Crippen LogP contribution in [0.4, 0.5) is 17.6 Å². The Labute approximate surface area is 123 Å². The van der Waals surface area contributed by atoms with Crippen LogP contribution in [-0.4, -0.2) is 37.8 Å². The maximum absolute atomic E-state index is 12.9. The van der Waals surface area contributed by atoms with Gasteiger partial charge >= 0.3 is 6.18 Å². The molecule has 1 unspecified atom stereocenters. The Hall–Kier alpha value is -1.14. The van der Waals surface area contributed by atoms with E-state index in [4.69, 9.17) is 0 Å². The molecule has 0 amide bonds. The molecule has 0 aliphatic rings. The van der Waals surface area contributed by atoms with Crippen molar-refractivity contribution in [3.8, 4) is 0 Å². The molecule has 0 radical (unpaired) electrons. The molecular formula is C15H22F4N2. The number of nitrogens with zero attached hydrogens (tertiary/aromatic N) is 1. The van der Waals surface area contributed by atoms with Crippen molar-refractivity contribution in [3.63, 3.8) is 0 Å². The fraction of sp³-hybridized carbons (Fsp3) is 0.600. The fourth-order valence-corrected chi connectivity index (χ4v) is 2.11. The Morgan fingerprint density at radius 1 is 1.14 bits per heavy atom. The van der Waals surface area contributed by atoms with E-state index in [1.54, 1.807) is 24.1 Å². The van der Waals surface area contributed by atoms with Crippen molar-refractivity contribution in [1.29, 1.82) is 0 Å². The van der Waals surface area contributed by atoms with Crippen molar-refractivity contribution in [1.82, 2.24) is 10.2 Å². The SMILES string of the molecule is CCNC(CCN(C)CCC(F)(F)F)c1ccc(F)cc1. The second-order valence-electron chi connectivity index (χ2n) is 5.12. The zero-order valence-corrected chi connectivity index (χ0v) is 12.4. The lowest BCUT2D eigenvalue weighted by Crippen LogP contribution is -2.29. The predicted octanol–water partition coefficient (Wildman–Crippen LogP) is 3.75. The van der Waals surface area contributed by atoms with Crippen molar-refractivity contribution in [2.75, 3.05) is 26.7 Å². The maximum atomic E-state index is 12.9. The minimum absolute atomic E-state index is 0.00817. The lowest BCUT2D eigenvalue weighted by Gasteiger charge is -2.23. The summed E-state index contributed by atoms with van der Waals surface area (Å²) in [6.45, 7) is 3.25. The average Bonchev–Trinajstić information content (AvgIpc) is 2.41. The van der Waals surface area contributed by atoms with E-state index < -0.39 is 12.6 Å². The lowest BCUT2D eigenvalue weighted by molar-refractivity contribution is -0.137. The largest absolute Gasteiger partial charge is 0.390 e. The average molecular weight is 306 g/mol. The number of hydrogen-bond donors (Lipinski definition) is 1. The number of rotatable bonds is 8. The van der Waals surface area contributed by atoms with Crippen molar-refractivity contribution in [2.45, 2.75) is 32.0 Å². The molecule has 0 saturated carbocycles. The van der Waals surface area contributed by atoms with Crippen molar-refractivity contribution < 1.29 is 17.6 Å². The van der Waals surface area contributed by atoms with Gasteiger partial charge in [0.1, 0.15) is 5.82 Å². The third-order valence-corrected chi connectivity index (χ3v) is 3.30. The van der Waals surface area contributed by atoms with Gasteiger partial charge in [-0.2, -0.15) is 13.2 Å². The summed E-state index contributed by atoms with van der Waals surface area (Å²) in [5.41, 5.74) is 0.947. The van der Waals surface area contributed by atoms with Gasteiger partial charge in [-0.15, -0.1) is 0 Å². The summed E-state index contributed by atoms with van der Waals surface area (Å²) in [6, 6.07) is 6.22. The first-order chi connectivity index (χ1) is 9.81. The Bertz CT molecular complexity index is 403. The van der Waals surface area contributed by atoms with Crippen LogP contribution in [0.1, 0.15) is 31.4 Å². The van der Waals surface area contributed by atoms with Gasteiger partial charge in [0.25, 0.3) is 0 Å². The summed E-state index contributed by atoms with van der Waals surface area (Å²) in [6.07, 6.45) is -4.24. The van der Waals surface area contributed by atoms with Crippen LogP contribution in [0.3, 0.4) is 0 Å². The quantitative estimate of drug-likeness (QED) is 0.736. The molecule has 1 N–H and O–H groups in total. The predicted molar refractivity (Wildman–Crippen MR) is 75.6 cm³/mol. The third-order valence-electron chi connectivity index (χ3n) is 3.30. The first-order valence-corrected chi connectivity index (χ1v) is 7.06. The molecule has 21 heavy (non-hydrogen) atoms. The van der Waals surface area contributed by atoms with Gasteiger partial charge in [-0.1, -0.05) is 19.1 Å². The van der Waals surface area contributed by atoms with Gasteiger partial charge in [-0.25, -0.2) is 4.39 Å². The first kappa shape index (κ1) is 17.9. The number of nitrogens with one attached hydrogen (secondary N) is 1. The molecule has 0 saturated heterocycles. The van der Waals surface area contributed by atoms with Crippen LogP contribution in [0.15, 0.2) is 24.3 Å². The summed E-state index contributed by atoms with van der Waals surface area (Å²) in [4.78, 5) is 1.67. The minimum Gasteiger partial charge on any atom is -0.310 e. The van der Waals surface area contributed by atoms with E-state index in [2.05, 4.69) is 5.32 Å². The highest BCUT2D eigenvalue weighted by Crippen LogP contribution is 2.21. The Morgan fingerprint density at radius 2 is 1.76 bits per heavy atom. The molecule has 0 spiro atoms. The highest BCUT2D eigenvalue weighted by Gasteiger charge is 2.27. The van der Waals surface area contributed by atoms with Gasteiger partial charge in [0.2, 0.25) is 0 Å². The summed E-state index contributed by atoms with van der Waals surface area (Å²) < 4.78 is 49.4. The highest BCUT2D eigenvalue weighted by atomic mass is 19.4. The summed E-state index contributed by atoms with van der Waals surface area (Å²) >= 11 is 0. The smallest absolute Gasteiger partial charge is 0.310 e. The lowest BCUT2D eigenvalue weighted by atomic mass is 10.0. The van der Waals surface area contributed by atoms with Gasteiger partial charge in [0, 0.05) is 12.6 Å². The van der Waals surface area contributed by atoms with E-state index in [1.165, 1.54) is 12.1 Å². The maximum Gasteiger partial charge on any atom is 0.390 e. The molecule has 0 aromatic heterocycles. The fourth-order valence-electron chi connectivity index (χ4n) is 2.11. The van der Waals surface area contributed by atoms with E-state index in [9.17, 15) is 17.6 Å². The minimum atomic E-state index is -4.12. The zero-order chi connectivity index (χ0) is 15.9. The van der Waals surface area contributed by atoms with E-state index in [0.717, 1.165) is 12.1 Å². The standard InChI is InChI=1S/C15H22F4N2/c1-3-20-14(12-4-6-13(16)7-5-12)8-10-21(2)11-9-15(17,18)19/h4-7,14,20H,3,8-11H2,1-2H3. The van der Waals surface area contributed by atoms with Gasteiger partial charge < -0.3 is 10.2 Å². The van der Waals surface area contributed by atoms with Crippen LogP contribution in [-0.2, 0) is 0 Å². The molecule has 1 aromatic rings. The molecule has 120 valence electrons. The number of halogens is 4. The summed E-state index contributed by atoms with van der Waals surface area (Å²) in [5.74, 6) is -0.295. The molecule has 0 aliphatic carbocycles. The molecule has 0 bridgehead atoms. The topological polar surface area (TPSA) is 15.3 Å². The van der Waals surface area contributed by atoms with Crippen LogP contribution < -0.4 is 5.32 Å². The number of alkyl halides is 3. The Kier molecular flexibility index (Phi) is 7.11. The van der Waals surface area contributed by atoms with Crippen LogP contribution >= 0.6 is 0 Å².